The van der Waals surface area contributed by atoms with Crippen molar-refractivity contribution in [3.8, 4) is 55.9 Å². The molecule has 0 atom stereocenters. The third-order valence-electron chi connectivity index (χ3n) is 16.9. The Balaban J connectivity index is 0.904. The highest BCUT2D eigenvalue weighted by molar-refractivity contribution is 6.30. The van der Waals surface area contributed by atoms with Gasteiger partial charge in [0.2, 0.25) is 0 Å². The summed E-state index contributed by atoms with van der Waals surface area (Å²) in [6.07, 6.45) is 0. The average Bonchev–Trinajstić information content (AvgIpc) is 4.36. The highest BCUT2D eigenvalue weighted by atomic mass is 16.3. The van der Waals surface area contributed by atoms with E-state index in [1.165, 1.54) is 120 Å². The normalized spacial score (nSPS) is 12.1. The summed E-state index contributed by atoms with van der Waals surface area (Å²) in [5.74, 6) is 0. The maximum atomic E-state index is 6.91. The summed E-state index contributed by atoms with van der Waals surface area (Å²) in [5.41, 5.74) is 18.4. The topological polar surface area (TPSA) is 23.0 Å². The van der Waals surface area contributed by atoms with Gasteiger partial charge < -0.3 is 13.6 Å². The Bertz CT molecular complexity index is 5250. The molecular formula is C76H46N2O. The van der Waals surface area contributed by atoms with E-state index in [0.717, 1.165) is 44.4 Å². The summed E-state index contributed by atoms with van der Waals surface area (Å²) in [6.45, 7) is 0. The fourth-order valence-corrected chi connectivity index (χ4v) is 13.8. The molecule has 79 heavy (non-hydrogen) atoms. The van der Waals surface area contributed by atoms with Crippen LogP contribution in [0.1, 0.15) is 0 Å². The SMILES string of the molecule is c1ccc(-n2c3ccccc3c3c(-c4c5ccccc5c(-c5ccc6oc7cccc(-c8c9ccccc9c(-c9cccc%10c9c9ccccc9n%10-c9ccccc9)c9ccccc89)c7c6c5)c5ccccc45)cccc32)cc1. The zero-order valence-corrected chi connectivity index (χ0v) is 42.9. The van der Waals surface area contributed by atoms with Crippen molar-refractivity contribution >= 4 is 109 Å². The monoisotopic (exact) mass is 1000 g/mol. The van der Waals surface area contributed by atoms with Crippen molar-refractivity contribution in [2.24, 2.45) is 0 Å². The summed E-state index contributed by atoms with van der Waals surface area (Å²) in [4.78, 5) is 0. The van der Waals surface area contributed by atoms with Crippen LogP contribution in [0.2, 0.25) is 0 Å². The number of para-hydroxylation sites is 4. The second kappa shape index (κ2) is 17.0. The Morgan fingerprint density at radius 2 is 0.557 bits per heavy atom. The lowest BCUT2D eigenvalue weighted by atomic mass is 9.83. The van der Waals surface area contributed by atoms with E-state index in [1.54, 1.807) is 0 Å². The smallest absolute Gasteiger partial charge is 0.136 e. The van der Waals surface area contributed by atoms with Crippen molar-refractivity contribution < 1.29 is 4.42 Å². The third kappa shape index (κ3) is 6.30. The van der Waals surface area contributed by atoms with Gasteiger partial charge in [-0.3, -0.25) is 0 Å². The van der Waals surface area contributed by atoms with E-state index in [0.29, 0.717) is 0 Å². The number of fused-ring (bicyclic) bond motifs is 13. The number of benzene rings is 14. The van der Waals surface area contributed by atoms with Crippen LogP contribution < -0.4 is 0 Å². The molecule has 3 heteroatoms. The van der Waals surface area contributed by atoms with Gasteiger partial charge in [0.05, 0.1) is 22.1 Å². The molecule has 0 saturated heterocycles. The van der Waals surface area contributed by atoms with E-state index >= 15 is 0 Å². The quantitative estimate of drug-likeness (QED) is 0.152. The lowest BCUT2D eigenvalue weighted by molar-refractivity contribution is 0.669. The van der Waals surface area contributed by atoms with Crippen molar-refractivity contribution in [2.75, 3.05) is 0 Å². The highest BCUT2D eigenvalue weighted by Crippen LogP contribution is 2.52. The molecule has 0 fully saturated rings. The van der Waals surface area contributed by atoms with E-state index in [4.69, 9.17) is 4.42 Å². The largest absolute Gasteiger partial charge is 0.456 e. The molecule has 0 aliphatic rings. The minimum Gasteiger partial charge on any atom is -0.456 e. The van der Waals surface area contributed by atoms with Gasteiger partial charge in [0, 0.05) is 43.7 Å². The molecule has 0 radical (unpaired) electrons. The van der Waals surface area contributed by atoms with E-state index in [1.807, 2.05) is 0 Å². The maximum Gasteiger partial charge on any atom is 0.136 e. The highest BCUT2D eigenvalue weighted by Gasteiger charge is 2.26. The number of furan rings is 1. The van der Waals surface area contributed by atoms with E-state index in [9.17, 15) is 0 Å². The first-order valence-electron chi connectivity index (χ1n) is 27.3. The van der Waals surface area contributed by atoms with Crippen molar-refractivity contribution in [2.45, 2.75) is 0 Å². The van der Waals surface area contributed by atoms with Gasteiger partial charge in [-0.25, -0.2) is 0 Å². The number of rotatable bonds is 6. The zero-order chi connectivity index (χ0) is 51.7. The summed E-state index contributed by atoms with van der Waals surface area (Å²) in [6, 6.07) is 102. The lowest BCUT2D eigenvalue weighted by Gasteiger charge is -2.19. The minimum atomic E-state index is 0.865. The first-order chi connectivity index (χ1) is 39.3. The summed E-state index contributed by atoms with van der Waals surface area (Å²) in [5, 5.41) is 16.9. The van der Waals surface area contributed by atoms with Gasteiger partial charge in [-0.15, -0.1) is 0 Å². The Morgan fingerprint density at radius 1 is 0.215 bits per heavy atom. The second-order valence-corrected chi connectivity index (χ2v) is 20.9. The van der Waals surface area contributed by atoms with Gasteiger partial charge in [0.25, 0.3) is 0 Å². The fraction of sp³-hybridized carbons (Fsp3) is 0. The molecule has 3 heterocycles. The van der Waals surface area contributed by atoms with Crippen molar-refractivity contribution in [3.05, 3.63) is 279 Å². The molecule has 0 spiro atoms. The van der Waals surface area contributed by atoms with Crippen LogP contribution in [0.3, 0.4) is 0 Å². The van der Waals surface area contributed by atoms with E-state index in [2.05, 4.69) is 288 Å². The second-order valence-electron chi connectivity index (χ2n) is 20.9. The van der Waals surface area contributed by atoms with Crippen LogP contribution in [0, 0.1) is 0 Å². The first kappa shape index (κ1) is 43.7. The van der Waals surface area contributed by atoms with Crippen LogP contribution in [-0.2, 0) is 0 Å². The molecule has 3 aromatic heterocycles. The van der Waals surface area contributed by atoms with Gasteiger partial charge in [-0.1, -0.05) is 212 Å². The molecule has 0 saturated carbocycles. The molecule has 14 aromatic carbocycles. The Morgan fingerprint density at radius 3 is 0.987 bits per heavy atom. The first-order valence-corrected chi connectivity index (χ1v) is 27.3. The van der Waals surface area contributed by atoms with E-state index in [-0.39, 0.29) is 0 Å². The van der Waals surface area contributed by atoms with Gasteiger partial charge in [-0.05, 0) is 154 Å². The molecule has 17 aromatic rings. The Hall–Kier alpha value is -10.5. The number of nitrogens with zero attached hydrogens (tertiary/aromatic N) is 2. The standard InChI is InChI=1S/C76H46N2O/c1-3-22-48(23-4-1)77-64-39-17-15-34-58(64)74-60(36-19-41-66(74)77)71-52-28-9-7-26-50(52)70(51-27-8-10-29-53(51)71)47-44-45-68-63(46-47)76-62(38-21-43-69(76)79-68)73-56-32-13-11-30-54(56)72(55-31-12-14-33-57(55)73)61-37-20-42-67-75(61)59-35-16-18-40-65(59)78(67)49-24-5-2-6-25-49/h1-46H. The minimum absolute atomic E-state index is 0.865. The number of aromatic nitrogens is 2. The van der Waals surface area contributed by atoms with E-state index < -0.39 is 0 Å². The predicted molar refractivity (Wildman–Crippen MR) is 334 cm³/mol. The van der Waals surface area contributed by atoms with Crippen LogP contribution >= 0.6 is 0 Å². The van der Waals surface area contributed by atoms with Crippen LogP contribution in [0.5, 0.6) is 0 Å². The van der Waals surface area contributed by atoms with Gasteiger partial charge >= 0.3 is 0 Å². The summed E-state index contributed by atoms with van der Waals surface area (Å²) < 4.78 is 11.7. The predicted octanol–water partition coefficient (Wildman–Crippen LogP) is 21.1. The molecule has 0 unspecified atom stereocenters. The van der Waals surface area contributed by atoms with Crippen LogP contribution in [0.25, 0.3) is 165 Å². The van der Waals surface area contributed by atoms with Crippen LogP contribution in [-0.4, -0.2) is 9.13 Å². The lowest BCUT2D eigenvalue weighted by Crippen LogP contribution is -1.94. The molecule has 0 amide bonds. The third-order valence-corrected chi connectivity index (χ3v) is 16.9. The number of hydrogen-bond donors (Lipinski definition) is 0. The van der Waals surface area contributed by atoms with Crippen molar-refractivity contribution in [1.29, 1.82) is 0 Å². The van der Waals surface area contributed by atoms with Crippen molar-refractivity contribution in [1.82, 2.24) is 9.13 Å². The van der Waals surface area contributed by atoms with Crippen molar-refractivity contribution in [3.63, 3.8) is 0 Å². The average molecular weight is 1000 g/mol. The van der Waals surface area contributed by atoms with Gasteiger partial charge in [0.15, 0.2) is 0 Å². The molecule has 0 aliphatic carbocycles. The molecule has 0 aliphatic heterocycles. The summed E-state index contributed by atoms with van der Waals surface area (Å²) >= 11 is 0. The molecule has 0 bridgehead atoms. The molecular weight excluding hydrogens is 957 g/mol. The number of hydrogen-bond acceptors (Lipinski definition) is 1. The summed E-state index contributed by atoms with van der Waals surface area (Å²) in [7, 11) is 0. The van der Waals surface area contributed by atoms with Crippen LogP contribution in [0.4, 0.5) is 0 Å². The molecule has 0 N–H and O–H groups in total. The maximum absolute atomic E-state index is 6.91. The Kier molecular flexibility index (Phi) is 9.42. The molecule has 17 rings (SSSR count). The molecule has 3 nitrogen and oxygen atoms in total. The fourth-order valence-electron chi connectivity index (χ4n) is 13.8. The van der Waals surface area contributed by atoms with Gasteiger partial charge in [0.1, 0.15) is 11.2 Å². The zero-order valence-electron chi connectivity index (χ0n) is 42.9. The van der Waals surface area contributed by atoms with Gasteiger partial charge in [-0.2, -0.15) is 0 Å². The Labute approximate surface area is 454 Å². The van der Waals surface area contributed by atoms with Crippen LogP contribution in [0.15, 0.2) is 283 Å². The molecule has 366 valence electrons.